The molecule has 23 heavy (non-hydrogen) atoms. The molecular weight excluding hydrogens is 288 g/mol. The Balaban J connectivity index is 1.54. The van der Waals surface area contributed by atoms with Crippen LogP contribution in [0, 0.1) is 0 Å². The molecule has 1 unspecified atom stereocenters. The molecule has 0 bridgehead atoms. The summed E-state index contributed by atoms with van der Waals surface area (Å²) in [5.74, 6) is 0.884. The number of aromatic nitrogens is 4. The summed E-state index contributed by atoms with van der Waals surface area (Å²) in [6.07, 6.45) is 5.57. The van der Waals surface area contributed by atoms with Crippen LogP contribution in [0.3, 0.4) is 0 Å². The Labute approximate surface area is 134 Å². The highest BCUT2D eigenvalue weighted by molar-refractivity contribution is 5.89. The van der Waals surface area contributed by atoms with Gasteiger partial charge in [0.1, 0.15) is 11.5 Å². The van der Waals surface area contributed by atoms with Crippen LogP contribution in [-0.2, 0) is 0 Å². The van der Waals surface area contributed by atoms with Gasteiger partial charge in [-0.25, -0.2) is 9.97 Å². The molecular formula is C17H20N6. The standard InChI is InChI=1S/C17H20N6/c1-2-9-18-12(5-1)11-20-15-8-3-7-14(21-15)16-13-6-4-10-19-17(13)23-22-16/h3-4,6-8,10,12,18H,1-2,5,9,11H2,(H,20,21)(H,19,22,23). The molecule has 0 amide bonds. The fourth-order valence-electron chi connectivity index (χ4n) is 3.04. The van der Waals surface area contributed by atoms with Gasteiger partial charge in [0, 0.05) is 24.2 Å². The van der Waals surface area contributed by atoms with Gasteiger partial charge < -0.3 is 10.6 Å². The highest BCUT2D eigenvalue weighted by atomic mass is 15.2. The van der Waals surface area contributed by atoms with E-state index in [4.69, 9.17) is 4.98 Å². The van der Waals surface area contributed by atoms with Gasteiger partial charge in [-0.15, -0.1) is 0 Å². The Morgan fingerprint density at radius 1 is 1.17 bits per heavy atom. The molecule has 1 fully saturated rings. The van der Waals surface area contributed by atoms with Gasteiger partial charge >= 0.3 is 0 Å². The van der Waals surface area contributed by atoms with Crippen LogP contribution in [-0.4, -0.2) is 39.3 Å². The molecule has 0 radical (unpaired) electrons. The fraction of sp³-hybridized carbons (Fsp3) is 0.353. The van der Waals surface area contributed by atoms with Gasteiger partial charge in [0.2, 0.25) is 0 Å². The number of nitrogens with zero attached hydrogens (tertiary/aromatic N) is 3. The summed E-state index contributed by atoms with van der Waals surface area (Å²) in [5.41, 5.74) is 2.48. The minimum absolute atomic E-state index is 0.532. The van der Waals surface area contributed by atoms with Crippen LogP contribution in [0.15, 0.2) is 36.5 Å². The minimum atomic E-state index is 0.532. The van der Waals surface area contributed by atoms with Gasteiger partial charge in [0.05, 0.1) is 5.69 Å². The van der Waals surface area contributed by atoms with Crippen LogP contribution < -0.4 is 10.6 Å². The number of nitrogens with one attached hydrogen (secondary N) is 3. The molecule has 3 aromatic rings. The second-order valence-corrected chi connectivity index (χ2v) is 5.91. The molecule has 118 valence electrons. The lowest BCUT2D eigenvalue weighted by Crippen LogP contribution is -2.39. The Hall–Kier alpha value is -2.47. The molecule has 1 atom stereocenters. The van der Waals surface area contributed by atoms with Crippen LogP contribution in [0.25, 0.3) is 22.4 Å². The quantitative estimate of drug-likeness (QED) is 0.690. The number of aromatic amines is 1. The molecule has 4 rings (SSSR count). The van der Waals surface area contributed by atoms with Crippen molar-refractivity contribution in [2.75, 3.05) is 18.4 Å². The Morgan fingerprint density at radius 2 is 2.17 bits per heavy atom. The number of anilines is 1. The van der Waals surface area contributed by atoms with E-state index < -0.39 is 0 Å². The van der Waals surface area contributed by atoms with E-state index in [0.29, 0.717) is 6.04 Å². The first-order chi connectivity index (χ1) is 11.4. The number of fused-ring (bicyclic) bond motifs is 1. The Bertz CT molecular complexity index is 790. The maximum absolute atomic E-state index is 4.70. The van der Waals surface area contributed by atoms with Crippen LogP contribution >= 0.6 is 0 Å². The average molecular weight is 308 g/mol. The van der Waals surface area contributed by atoms with Gasteiger partial charge in [0.15, 0.2) is 5.65 Å². The molecule has 1 aliphatic heterocycles. The number of H-pyrrole nitrogens is 1. The second kappa shape index (κ2) is 6.34. The van der Waals surface area contributed by atoms with Crippen molar-refractivity contribution in [3.05, 3.63) is 36.5 Å². The van der Waals surface area contributed by atoms with E-state index in [9.17, 15) is 0 Å². The molecule has 4 heterocycles. The van der Waals surface area contributed by atoms with Crippen molar-refractivity contribution in [2.45, 2.75) is 25.3 Å². The zero-order valence-corrected chi connectivity index (χ0v) is 12.9. The van der Waals surface area contributed by atoms with E-state index in [2.05, 4.69) is 25.8 Å². The van der Waals surface area contributed by atoms with Gasteiger partial charge in [-0.2, -0.15) is 5.10 Å². The molecule has 0 aromatic carbocycles. The number of hydrogen-bond acceptors (Lipinski definition) is 5. The summed E-state index contributed by atoms with van der Waals surface area (Å²) >= 11 is 0. The highest BCUT2D eigenvalue weighted by Crippen LogP contribution is 2.24. The summed E-state index contributed by atoms with van der Waals surface area (Å²) in [4.78, 5) is 8.98. The van der Waals surface area contributed by atoms with Crippen molar-refractivity contribution in [3.8, 4) is 11.4 Å². The average Bonchev–Trinajstić information content (AvgIpc) is 3.05. The first kappa shape index (κ1) is 14.1. The van der Waals surface area contributed by atoms with E-state index in [-0.39, 0.29) is 0 Å². The first-order valence-electron chi connectivity index (χ1n) is 8.14. The van der Waals surface area contributed by atoms with Gasteiger partial charge in [-0.1, -0.05) is 12.5 Å². The zero-order valence-electron chi connectivity index (χ0n) is 12.9. The number of hydrogen-bond donors (Lipinski definition) is 3. The predicted octanol–water partition coefficient (Wildman–Crippen LogP) is 2.57. The lowest BCUT2D eigenvalue weighted by molar-refractivity contribution is 0.414. The van der Waals surface area contributed by atoms with Crippen LogP contribution in [0.2, 0.25) is 0 Å². The van der Waals surface area contributed by atoms with Crippen LogP contribution in [0.5, 0.6) is 0 Å². The Morgan fingerprint density at radius 3 is 3.09 bits per heavy atom. The summed E-state index contributed by atoms with van der Waals surface area (Å²) in [5, 5.41) is 15.3. The number of piperidine rings is 1. The van der Waals surface area contributed by atoms with Gasteiger partial charge in [-0.3, -0.25) is 5.10 Å². The monoisotopic (exact) mass is 308 g/mol. The summed E-state index contributed by atoms with van der Waals surface area (Å²) in [7, 11) is 0. The molecule has 6 nitrogen and oxygen atoms in total. The summed E-state index contributed by atoms with van der Waals surface area (Å²) < 4.78 is 0. The Kier molecular flexibility index (Phi) is 3.90. The zero-order chi connectivity index (χ0) is 15.5. The number of pyridine rings is 2. The van der Waals surface area contributed by atoms with Crippen molar-refractivity contribution in [1.82, 2.24) is 25.5 Å². The third kappa shape index (κ3) is 3.03. The molecule has 1 aliphatic rings. The van der Waals surface area contributed by atoms with Crippen molar-refractivity contribution in [3.63, 3.8) is 0 Å². The predicted molar refractivity (Wildman–Crippen MR) is 91.3 cm³/mol. The fourth-order valence-corrected chi connectivity index (χ4v) is 3.04. The van der Waals surface area contributed by atoms with Gasteiger partial charge in [-0.05, 0) is 43.7 Å². The van der Waals surface area contributed by atoms with Crippen molar-refractivity contribution in [2.24, 2.45) is 0 Å². The van der Waals surface area contributed by atoms with Crippen molar-refractivity contribution >= 4 is 16.9 Å². The molecule has 3 N–H and O–H groups in total. The van der Waals surface area contributed by atoms with E-state index >= 15 is 0 Å². The SMILES string of the molecule is c1cc(NCC2CCCCN2)nc(-c2n[nH]c3ncccc23)c1. The minimum Gasteiger partial charge on any atom is -0.368 e. The second-order valence-electron chi connectivity index (χ2n) is 5.91. The molecule has 6 heteroatoms. The molecule has 0 spiro atoms. The first-order valence-corrected chi connectivity index (χ1v) is 8.14. The molecule has 3 aromatic heterocycles. The maximum Gasteiger partial charge on any atom is 0.155 e. The third-order valence-corrected chi connectivity index (χ3v) is 4.27. The van der Waals surface area contributed by atoms with Crippen LogP contribution in [0.4, 0.5) is 5.82 Å². The van der Waals surface area contributed by atoms with Crippen LogP contribution in [0.1, 0.15) is 19.3 Å². The largest absolute Gasteiger partial charge is 0.368 e. The van der Waals surface area contributed by atoms with E-state index in [0.717, 1.165) is 41.3 Å². The smallest absolute Gasteiger partial charge is 0.155 e. The lowest BCUT2D eigenvalue weighted by atomic mass is 10.1. The topological polar surface area (TPSA) is 78.5 Å². The van der Waals surface area contributed by atoms with Gasteiger partial charge in [0.25, 0.3) is 0 Å². The summed E-state index contributed by atoms with van der Waals surface area (Å²) in [6.45, 7) is 2.02. The van der Waals surface area contributed by atoms with Crippen molar-refractivity contribution < 1.29 is 0 Å². The normalized spacial score (nSPS) is 18.2. The maximum atomic E-state index is 4.70. The van der Waals surface area contributed by atoms with E-state index in [1.54, 1.807) is 6.20 Å². The van der Waals surface area contributed by atoms with E-state index in [1.807, 2.05) is 30.3 Å². The molecule has 0 saturated carbocycles. The summed E-state index contributed by atoms with van der Waals surface area (Å²) in [6, 6.07) is 10.4. The number of rotatable bonds is 4. The highest BCUT2D eigenvalue weighted by Gasteiger charge is 2.13. The lowest BCUT2D eigenvalue weighted by Gasteiger charge is -2.23. The molecule has 1 saturated heterocycles. The van der Waals surface area contributed by atoms with E-state index in [1.165, 1.54) is 19.3 Å². The third-order valence-electron chi connectivity index (χ3n) is 4.27. The van der Waals surface area contributed by atoms with Crippen molar-refractivity contribution in [1.29, 1.82) is 0 Å². The molecule has 0 aliphatic carbocycles.